The molecule has 1 aliphatic heterocycles. The predicted octanol–water partition coefficient (Wildman–Crippen LogP) is 3.67. The summed E-state index contributed by atoms with van der Waals surface area (Å²) in [6.45, 7) is 1.62. The van der Waals surface area contributed by atoms with Gasteiger partial charge in [0.2, 0.25) is 6.79 Å². The number of ketones is 1. The lowest BCUT2D eigenvalue weighted by atomic mass is 10.1. The van der Waals surface area contributed by atoms with Gasteiger partial charge in [-0.1, -0.05) is 12.1 Å². The first-order valence-electron chi connectivity index (χ1n) is 9.03. The van der Waals surface area contributed by atoms with Gasteiger partial charge in [-0.05, 0) is 37.4 Å². The second kappa shape index (κ2) is 9.47. The number of hydrogen-bond acceptors (Lipinski definition) is 7. The molecule has 0 saturated heterocycles. The number of carbonyl (C=O) groups excluding carboxylic acids is 3. The van der Waals surface area contributed by atoms with E-state index in [1.807, 2.05) is 18.4 Å². The van der Waals surface area contributed by atoms with Gasteiger partial charge in [0.15, 0.2) is 23.4 Å². The fraction of sp³-hybridized carbons (Fsp3) is 0.286. The molecule has 0 fully saturated rings. The highest BCUT2D eigenvalue weighted by Gasteiger charge is 2.20. The number of Topliss-reactive ketones (excluding diaryl/α,β-unsaturated/α-hetero) is 1. The average Bonchev–Trinajstić information content (AvgIpc) is 3.19. The van der Waals surface area contributed by atoms with E-state index in [1.165, 1.54) is 6.92 Å². The van der Waals surface area contributed by atoms with Gasteiger partial charge in [0.25, 0.3) is 5.91 Å². The lowest BCUT2D eigenvalue weighted by Crippen LogP contribution is -2.30. The second-order valence-electron chi connectivity index (χ2n) is 6.34. The maximum atomic E-state index is 12.2. The lowest BCUT2D eigenvalue weighted by Gasteiger charge is -2.13. The molecule has 152 valence electrons. The van der Waals surface area contributed by atoms with E-state index in [-0.39, 0.29) is 25.4 Å². The number of amides is 1. The highest BCUT2D eigenvalue weighted by Crippen LogP contribution is 2.34. The van der Waals surface area contributed by atoms with E-state index in [0.29, 0.717) is 22.7 Å². The maximum Gasteiger partial charge on any atom is 0.307 e. The van der Waals surface area contributed by atoms with E-state index in [2.05, 4.69) is 5.32 Å². The number of rotatable bonds is 8. The van der Waals surface area contributed by atoms with E-state index >= 15 is 0 Å². The van der Waals surface area contributed by atoms with Crippen molar-refractivity contribution in [2.75, 3.05) is 18.4 Å². The molecule has 0 spiro atoms. The Bertz CT molecular complexity index is 912. The van der Waals surface area contributed by atoms with Gasteiger partial charge in [-0.3, -0.25) is 14.4 Å². The monoisotopic (exact) mass is 415 g/mol. The van der Waals surface area contributed by atoms with Gasteiger partial charge in [-0.15, -0.1) is 11.8 Å². The van der Waals surface area contributed by atoms with Crippen molar-refractivity contribution in [3.8, 4) is 11.5 Å². The summed E-state index contributed by atoms with van der Waals surface area (Å²) in [5.74, 6) is -0.0811. The predicted molar refractivity (Wildman–Crippen MR) is 109 cm³/mol. The van der Waals surface area contributed by atoms with Gasteiger partial charge in [0.1, 0.15) is 0 Å². The zero-order chi connectivity index (χ0) is 20.8. The Morgan fingerprint density at radius 2 is 1.79 bits per heavy atom. The number of benzene rings is 2. The molecule has 1 atom stereocenters. The smallest absolute Gasteiger partial charge is 0.307 e. The summed E-state index contributed by atoms with van der Waals surface area (Å²) in [5, 5.41) is 2.66. The molecule has 2 aromatic rings. The van der Waals surface area contributed by atoms with E-state index in [1.54, 1.807) is 42.1 Å². The van der Waals surface area contributed by atoms with Crippen molar-refractivity contribution < 1.29 is 28.6 Å². The van der Waals surface area contributed by atoms with Crippen LogP contribution in [0.2, 0.25) is 0 Å². The van der Waals surface area contributed by atoms with Gasteiger partial charge in [-0.25, -0.2) is 0 Å². The summed E-state index contributed by atoms with van der Waals surface area (Å²) >= 11 is 1.59. The molecule has 1 N–H and O–H groups in total. The Kier molecular flexibility index (Phi) is 6.77. The molecule has 1 aliphatic rings. The highest BCUT2D eigenvalue weighted by molar-refractivity contribution is 7.98. The van der Waals surface area contributed by atoms with Gasteiger partial charge in [0.05, 0.1) is 6.42 Å². The molecule has 0 saturated carbocycles. The summed E-state index contributed by atoms with van der Waals surface area (Å²) in [7, 11) is 0. The van der Waals surface area contributed by atoms with Crippen LogP contribution in [-0.4, -0.2) is 36.8 Å². The van der Waals surface area contributed by atoms with Crippen LogP contribution in [0.5, 0.6) is 11.5 Å². The molecular weight excluding hydrogens is 394 g/mol. The molecular formula is C21H21NO6S. The van der Waals surface area contributed by atoms with Crippen LogP contribution in [0, 0.1) is 0 Å². The van der Waals surface area contributed by atoms with E-state index in [9.17, 15) is 14.4 Å². The van der Waals surface area contributed by atoms with Crippen LogP contribution in [0.3, 0.4) is 0 Å². The number of anilines is 1. The molecule has 1 amide bonds. The lowest BCUT2D eigenvalue weighted by molar-refractivity contribution is -0.153. The molecule has 0 radical (unpaired) electrons. The Hall–Kier alpha value is -3.00. The molecule has 0 unspecified atom stereocenters. The molecule has 0 bridgehead atoms. The second-order valence-corrected chi connectivity index (χ2v) is 7.22. The third kappa shape index (κ3) is 5.51. The largest absolute Gasteiger partial charge is 0.454 e. The zero-order valence-electron chi connectivity index (χ0n) is 16.1. The Labute approximate surface area is 172 Å². The Balaban J connectivity index is 1.45. The Morgan fingerprint density at radius 3 is 2.52 bits per heavy atom. The number of nitrogens with one attached hydrogen (secondary N) is 1. The molecule has 0 aliphatic carbocycles. The van der Waals surface area contributed by atoms with Crippen LogP contribution in [0.1, 0.15) is 30.1 Å². The minimum Gasteiger partial charge on any atom is -0.454 e. The Morgan fingerprint density at radius 1 is 1.07 bits per heavy atom. The van der Waals surface area contributed by atoms with E-state index < -0.39 is 18.0 Å². The van der Waals surface area contributed by atoms with Crippen molar-refractivity contribution in [2.45, 2.75) is 30.8 Å². The quantitative estimate of drug-likeness (QED) is 0.400. The molecule has 3 rings (SSSR count). The maximum absolute atomic E-state index is 12.2. The van der Waals surface area contributed by atoms with Crippen molar-refractivity contribution >= 4 is 35.1 Å². The van der Waals surface area contributed by atoms with Gasteiger partial charge >= 0.3 is 5.97 Å². The SMILES string of the molecule is CSc1ccc(C(=O)CCC(=O)O[C@@H](C)C(=O)Nc2ccc3c(c2)OCO3)cc1. The van der Waals surface area contributed by atoms with Crippen molar-refractivity contribution in [1.29, 1.82) is 0 Å². The number of hydrogen-bond donors (Lipinski definition) is 1. The third-order valence-electron chi connectivity index (χ3n) is 4.29. The first kappa shape index (κ1) is 20.7. The molecule has 8 heteroatoms. The van der Waals surface area contributed by atoms with Gasteiger partial charge in [-0.2, -0.15) is 0 Å². The third-order valence-corrected chi connectivity index (χ3v) is 5.03. The highest BCUT2D eigenvalue weighted by atomic mass is 32.2. The summed E-state index contributed by atoms with van der Waals surface area (Å²) in [6.07, 6.45) is 0.888. The van der Waals surface area contributed by atoms with Crippen LogP contribution in [-0.2, 0) is 14.3 Å². The normalized spacial score (nSPS) is 12.9. The van der Waals surface area contributed by atoms with E-state index in [0.717, 1.165) is 4.90 Å². The van der Waals surface area contributed by atoms with Crippen LogP contribution >= 0.6 is 11.8 Å². The number of fused-ring (bicyclic) bond motifs is 1. The molecule has 0 aromatic heterocycles. The van der Waals surface area contributed by atoms with Crippen LogP contribution in [0.4, 0.5) is 5.69 Å². The molecule has 29 heavy (non-hydrogen) atoms. The first-order valence-corrected chi connectivity index (χ1v) is 10.3. The standard InChI is InChI=1S/C21H21NO6S/c1-13(21(25)22-15-5-9-18-19(11-15)27-12-26-18)28-20(24)10-8-17(23)14-3-6-16(29-2)7-4-14/h3-7,9,11,13H,8,10,12H2,1-2H3,(H,22,25)/t13-/m0/s1. The fourth-order valence-electron chi connectivity index (χ4n) is 2.66. The van der Waals surface area contributed by atoms with Gasteiger partial charge in [0, 0.05) is 28.6 Å². The summed E-state index contributed by atoms with van der Waals surface area (Å²) in [5.41, 5.74) is 1.05. The number of carbonyl (C=O) groups is 3. The summed E-state index contributed by atoms with van der Waals surface area (Å²) in [4.78, 5) is 37.5. The van der Waals surface area contributed by atoms with Gasteiger partial charge < -0.3 is 19.5 Å². The first-order chi connectivity index (χ1) is 14.0. The molecule has 2 aromatic carbocycles. The van der Waals surface area contributed by atoms with Crippen molar-refractivity contribution in [3.63, 3.8) is 0 Å². The molecule has 1 heterocycles. The molecule has 7 nitrogen and oxygen atoms in total. The minimum atomic E-state index is -0.996. The van der Waals surface area contributed by atoms with Crippen LogP contribution in [0.25, 0.3) is 0 Å². The number of ether oxygens (including phenoxy) is 3. The summed E-state index contributed by atoms with van der Waals surface area (Å²) < 4.78 is 15.6. The van der Waals surface area contributed by atoms with Crippen LogP contribution < -0.4 is 14.8 Å². The number of thioether (sulfide) groups is 1. The van der Waals surface area contributed by atoms with Crippen molar-refractivity contribution in [3.05, 3.63) is 48.0 Å². The fourth-order valence-corrected chi connectivity index (χ4v) is 3.07. The van der Waals surface area contributed by atoms with E-state index in [4.69, 9.17) is 14.2 Å². The topological polar surface area (TPSA) is 90.9 Å². The zero-order valence-corrected chi connectivity index (χ0v) is 16.9. The summed E-state index contributed by atoms with van der Waals surface area (Å²) in [6, 6.07) is 12.2. The minimum absolute atomic E-state index is 0.0218. The number of esters is 1. The van der Waals surface area contributed by atoms with Crippen LogP contribution in [0.15, 0.2) is 47.4 Å². The van der Waals surface area contributed by atoms with Crippen molar-refractivity contribution in [1.82, 2.24) is 0 Å². The average molecular weight is 415 g/mol. The van der Waals surface area contributed by atoms with Crippen molar-refractivity contribution in [2.24, 2.45) is 0 Å².